The molecule has 2 aromatic carbocycles. The summed E-state index contributed by atoms with van der Waals surface area (Å²) in [5.74, 6) is -0.115. The molecule has 0 aliphatic heterocycles. The van der Waals surface area contributed by atoms with Gasteiger partial charge in [-0.2, -0.15) is 13.2 Å². The topological polar surface area (TPSA) is 70.7 Å². The Kier molecular flexibility index (Phi) is 7.46. The van der Waals surface area contributed by atoms with Gasteiger partial charge in [0.1, 0.15) is 11.5 Å². The highest BCUT2D eigenvalue weighted by Gasteiger charge is 2.34. The van der Waals surface area contributed by atoms with E-state index in [1.165, 1.54) is 47.4 Å². The van der Waals surface area contributed by atoms with Crippen LogP contribution in [0, 0.1) is 0 Å². The molecule has 3 amide bonds. The van der Waals surface area contributed by atoms with Crippen LogP contribution in [0.1, 0.15) is 18.4 Å². The SMILES string of the molecule is CN(C)C(=O)CCCNC(=O)Nc1ccc(Oc2ccccc2C(F)(F)F)cc1. The van der Waals surface area contributed by atoms with Gasteiger partial charge in [-0.05, 0) is 42.8 Å². The number of ether oxygens (including phenoxy) is 1. The summed E-state index contributed by atoms with van der Waals surface area (Å²) in [6.45, 7) is 0.334. The number of benzene rings is 2. The number of hydrogen-bond donors (Lipinski definition) is 2. The second kappa shape index (κ2) is 9.81. The number of urea groups is 1. The Labute approximate surface area is 166 Å². The fourth-order valence-electron chi connectivity index (χ4n) is 2.36. The smallest absolute Gasteiger partial charge is 0.419 e. The first-order valence-electron chi connectivity index (χ1n) is 8.86. The molecule has 0 aliphatic carbocycles. The van der Waals surface area contributed by atoms with Gasteiger partial charge >= 0.3 is 12.2 Å². The number of hydrogen-bond acceptors (Lipinski definition) is 3. The van der Waals surface area contributed by atoms with Crippen molar-refractivity contribution in [3.63, 3.8) is 0 Å². The number of rotatable bonds is 7. The first kappa shape index (κ1) is 22.1. The Bertz CT molecular complexity index is 837. The maximum atomic E-state index is 13.0. The minimum absolute atomic E-state index is 0.0186. The van der Waals surface area contributed by atoms with Crippen molar-refractivity contribution in [3.05, 3.63) is 54.1 Å². The van der Waals surface area contributed by atoms with E-state index in [9.17, 15) is 22.8 Å². The maximum absolute atomic E-state index is 13.0. The number of nitrogens with zero attached hydrogens (tertiary/aromatic N) is 1. The summed E-state index contributed by atoms with van der Waals surface area (Å²) in [5.41, 5.74) is -0.419. The van der Waals surface area contributed by atoms with Crippen LogP contribution in [0.25, 0.3) is 0 Å². The Morgan fingerprint density at radius 2 is 1.69 bits per heavy atom. The quantitative estimate of drug-likeness (QED) is 0.662. The molecule has 2 N–H and O–H groups in total. The van der Waals surface area contributed by atoms with Crippen LogP contribution in [0.2, 0.25) is 0 Å². The van der Waals surface area contributed by atoms with Gasteiger partial charge < -0.3 is 20.3 Å². The van der Waals surface area contributed by atoms with Crippen LogP contribution in [-0.2, 0) is 11.0 Å². The molecule has 2 aromatic rings. The van der Waals surface area contributed by atoms with E-state index < -0.39 is 17.8 Å². The van der Waals surface area contributed by atoms with E-state index in [2.05, 4.69) is 10.6 Å². The Hall–Kier alpha value is -3.23. The number of anilines is 1. The number of carbonyl (C=O) groups is 2. The van der Waals surface area contributed by atoms with Crippen molar-refractivity contribution in [3.8, 4) is 11.5 Å². The van der Waals surface area contributed by atoms with Crippen molar-refractivity contribution in [2.45, 2.75) is 19.0 Å². The molecule has 29 heavy (non-hydrogen) atoms. The molecular weight excluding hydrogens is 387 g/mol. The molecule has 0 saturated carbocycles. The molecule has 0 aliphatic rings. The molecule has 2 rings (SSSR count). The molecule has 0 radical (unpaired) electrons. The summed E-state index contributed by atoms with van der Waals surface area (Å²) >= 11 is 0. The second-order valence-electron chi connectivity index (χ2n) is 6.39. The lowest BCUT2D eigenvalue weighted by atomic mass is 10.2. The van der Waals surface area contributed by atoms with Crippen molar-refractivity contribution < 1.29 is 27.5 Å². The summed E-state index contributed by atoms with van der Waals surface area (Å²) in [6, 6.07) is 10.4. The number of halogens is 3. The average Bonchev–Trinajstić information content (AvgIpc) is 2.66. The zero-order chi connectivity index (χ0) is 21.4. The number of nitrogens with one attached hydrogen (secondary N) is 2. The molecule has 156 valence electrons. The van der Waals surface area contributed by atoms with Crippen molar-refractivity contribution in [2.75, 3.05) is 26.0 Å². The van der Waals surface area contributed by atoms with Gasteiger partial charge in [-0.3, -0.25) is 4.79 Å². The standard InChI is InChI=1S/C20H22F3N3O3/c1-26(2)18(27)8-5-13-24-19(28)25-14-9-11-15(12-10-14)29-17-7-4-3-6-16(17)20(21,22)23/h3-4,6-7,9-12H,5,8,13H2,1-2H3,(H2,24,25,28). The predicted octanol–water partition coefficient (Wildman–Crippen LogP) is 4.49. The third kappa shape index (κ3) is 7.02. The van der Waals surface area contributed by atoms with Gasteiger partial charge in [-0.25, -0.2) is 4.79 Å². The molecule has 9 heteroatoms. The highest BCUT2D eigenvalue weighted by molar-refractivity contribution is 5.89. The Morgan fingerprint density at radius 3 is 2.31 bits per heavy atom. The normalized spacial score (nSPS) is 10.9. The number of amides is 3. The summed E-state index contributed by atoms with van der Waals surface area (Å²) in [4.78, 5) is 24.8. The largest absolute Gasteiger partial charge is 0.457 e. The third-order valence-corrected chi connectivity index (χ3v) is 3.88. The summed E-state index contributed by atoms with van der Waals surface area (Å²) < 4.78 is 44.4. The van der Waals surface area contributed by atoms with E-state index in [1.54, 1.807) is 14.1 Å². The molecule has 0 aromatic heterocycles. The number of alkyl halides is 3. The zero-order valence-electron chi connectivity index (χ0n) is 16.0. The van der Waals surface area contributed by atoms with Crippen LogP contribution in [0.5, 0.6) is 11.5 Å². The van der Waals surface area contributed by atoms with E-state index >= 15 is 0 Å². The molecule has 6 nitrogen and oxygen atoms in total. The lowest BCUT2D eigenvalue weighted by Gasteiger charge is -2.14. The van der Waals surface area contributed by atoms with Gasteiger partial charge in [-0.15, -0.1) is 0 Å². The predicted molar refractivity (Wildman–Crippen MR) is 103 cm³/mol. The van der Waals surface area contributed by atoms with Gasteiger partial charge in [0, 0.05) is 32.7 Å². The average molecular weight is 409 g/mol. The lowest BCUT2D eigenvalue weighted by Crippen LogP contribution is -2.30. The first-order valence-corrected chi connectivity index (χ1v) is 8.86. The Balaban J connectivity index is 1.86. The van der Waals surface area contributed by atoms with Crippen LogP contribution in [0.15, 0.2) is 48.5 Å². The van der Waals surface area contributed by atoms with Crippen molar-refractivity contribution >= 4 is 17.6 Å². The number of carbonyl (C=O) groups excluding carboxylic acids is 2. The number of para-hydroxylation sites is 1. The van der Waals surface area contributed by atoms with Crippen LogP contribution < -0.4 is 15.4 Å². The minimum Gasteiger partial charge on any atom is -0.457 e. The zero-order valence-corrected chi connectivity index (χ0v) is 16.0. The minimum atomic E-state index is -4.52. The van der Waals surface area contributed by atoms with E-state index in [4.69, 9.17) is 4.74 Å². The van der Waals surface area contributed by atoms with Gasteiger partial charge in [0.15, 0.2) is 0 Å². The molecule has 0 bridgehead atoms. The highest BCUT2D eigenvalue weighted by Crippen LogP contribution is 2.37. The Morgan fingerprint density at radius 1 is 1.03 bits per heavy atom. The van der Waals surface area contributed by atoms with Crippen LogP contribution >= 0.6 is 0 Å². The van der Waals surface area contributed by atoms with E-state index in [0.717, 1.165) is 6.07 Å². The van der Waals surface area contributed by atoms with E-state index in [1.807, 2.05) is 0 Å². The van der Waals surface area contributed by atoms with E-state index in [-0.39, 0.29) is 17.4 Å². The summed E-state index contributed by atoms with van der Waals surface area (Å²) in [6.07, 6.45) is -3.68. The van der Waals surface area contributed by atoms with Crippen LogP contribution in [0.4, 0.5) is 23.7 Å². The van der Waals surface area contributed by atoms with Crippen molar-refractivity contribution in [2.24, 2.45) is 0 Å². The second-order valence-corrected chi connectivity index (χ2v) is 6.39. The third-order valence-electron chi connectivity index (χ3n) is 3.88. The molecule has 0 saturated heterocycles. The molecule has 0 atom stereocenters. The fraction of sp³-hybridized carbons (Fsp3) is 0.300. The molecular formula is C20H22F3N3O3. The van der Waals surface area contributed by atoms with Crippen molar-refractivity contribution in [1.29, 1.82) is 0 Å². The fourth-order valence-corrected chi connectivity index (χ4v) is 2.36. The monoisotopic (exact) mass is 409 g/mol. The molecule has 0 heterocycles. The summed E-state index contributed by atoms with van der Waals surface area (Å²) in [5, 5.41) is 5.23. The van der Waals surface area contributed by atoms with Crippen LogP contribution in [-0.4, -0.2) is 37.5 Å². The van der Waals surface area contributed by atoms with Crippen LogP contribution in [0.3, 0.4) is 0 Å². The molecule has 0 unspecified atom stereocenters. The molecule has 0 spiro atoms. The van der Waals surface area contributed by atoms with Gasteiger partial charge in [0.25, 0.3) is 0 Å². The van der Waals surface area contributed by atoms with E-state index in [0.29, 0.717) is 25.1 Å². The summed E-state index contributed by atoms with van der Waals surface area (Å²) in [7, 11) is 3.33. The first-order chi connectivity index (χ1) is 13.7. The van der Waals surface area contributed by atoms with Gasteiger partial charge in [0.05, 0.1) is 5.56 Å². The van der Waals surface area contributed by atoms with Crippen molar-refractivity contribution in [1.82, 2.24) is 10.2 Å². The molecule has 0 fully saturated rings. The lowest BCUT2D eigenvalue weighted by molar-refractivity contribution is -0.138. The van der Waals surface area contributed by atoms with Gasteiger partial charge in [-0.1, -0.05) is 12.1 Å². The highest BCUT2D eigenvalue weighted by atomic mass is 19.4. The maximum Gasteiger partial charge on any atom is 0.419 e. The van der Waals surface area contributed by atoms with Gasteiger partial charge in [0.2, 0.25) is 5.91 Å².